The number of likely N-dealkylation sites (N-methyl/N-ethyl adjacent to an activating group) is 1. The van der Waals surface area contributed by atoms with Gasteiger partial charge in [-0.15, -0.1) is 0 Å². The van der Waals surface area contributed by atoms with Gasteiger partial charge in [0.1, 0.15) is 12.4 Å². The summed E-state index contributed by atoms with van der Waals surface area (Å²) in [6.45, 7) is -0.290. The van der Waals surface area contributed by atoms with Crippen molar-refractivity contribution in [2.45, 2.75) is 18.6 Å². The van der Waals surface area contributed by atoms with Gasteiger partial charge in [0, 0.05) is 19.0 Å². The predicted molar refractivity (Wildman–Crippen MR) is 128 cm³/mol. The smallest absolute Gasteiger partial charge is 0.416 e. The molecule has 5 rings (SSSR count). The van der Waals surface area contributed by atoms with Gasteiger partial charge in [-0.05, 0) is 59.7 Å². The van der Waals surface area contributed by atoms with Crippen molar-refractivity contribution in [3.8, 4) is 11.5 Å². The highest BCUT2D eigenvalue weighted by Crippen LogP contribution is 2.39. The van der Waals surface area contributed by atoms with Gasteiger partial charge < -0.3 is 14.4 Å². The number of benzene rings is 3. The molecule has 2 amide bonds. The highest BCUT2D eigenvalue weighted by Gasteiger charge is 2.35. The highest BCUT2D eigenvalue weighted by molar-refractivity contribution is 6.03. The van der Waals surface area contributed by atoms with Crippen molar-refractivity contribution in [3.63, 3.8) is 0 Å². The monoisotopic (exact) mass is 527 g/mol. The number of hydrogen-bond donors (Lipinski definition) is 0. The molecule has 0 N–H and O–H groups in total. The van der Waals surface area contributed by atoms with Gasteiger partial charge in [-0.25, -0.2) is 9.40 Å². The molecule has 0 unspecified atom stereocenters. The largest absolute Gasteiger partial charge is 0.454 e. The Morgan fingerprint density at radius 2 is 1.68 bits per heavy atom. The summed E-state index contributed by atoms with van der Waals surface area (Å²) in [7, 11) is 1.38. The number of carbonyl (C=O) groups is 2. The Balaban J connectivity index is 1.38. The van der Waals surface area contributed by atoms with Gasteiger partial charge >= 0.3 is 6.18 Å². The lowest BCUT2D eigenvalue weighted by molar-refractivity contribution is -0.137. The molecular formula is C27H21F4N3O4. The molecule has 0 aliphatic carbocycles. The molecule has 0 saturated heterocycles. The van der Waals surface area contributed by atoms with Gasteiger partial charge in [-0.1, -0.05) is 18.2 Å². The minimum Gasteiger partial charge on any atom is -0.454 e. The summed E-state index contributed by atoms with van der Waals surface area (Å²) in [5.41, 5.74) is 1.05. The van der Waals surface area contributed by atoms with E-state index in [1.54, 1.807) is 30.3 Å². The van der Waals surface area contributed by atoms with Crippen molar-refractivity contribution in [1.29, 1.82) is 0 Å². The van der Waals surface area contributed by atoms with Crippen LogP contribution in [0.15, 0.2) is 71.8 Å². The van der Waals surface area contributed by atoms with Gasteiger partial charge in [0.15, 0.2) is 11.5 Å². The minimum absolute atomic E-state index is 0.0116. The summed E-state index contributed by atoms with van der Waals surface area (Å²) in [5.74, 6) is -0.428. The Morgan fingerprint density at radius 3 is 2.37 bits per heavy atom. The fraction of sp³-hybridized carbons (Fsp3) is 0.222. The van der Waals surface area contributed by atoms with Crippen LogP contribution in [0.1, 0.15) is 39.5 Å². The van der Waals surface area contributed by atoms with Crippen LogP contribution in [-0.2, 0) is 11.0 Å². The fourth-order valence-electron chi connectivity index (χ4n) is 4.31. The number of fused-ring (bicyclic) bond motifs is 1. The van der Waals surface area contributed by atoms with Crippen LogP contribution in [0.4, 0.5) is 17.6 Å². The van der Waals surface area contributed by atoms with Crippen molar-refractivity contribution in [2.24, 2.45) is 5.10 Å². The molecule has 2 aliphatic heterocycles. The lowest BCUT2D eigenvalue weighted by atomic mass is 9.98. The van der Waals surface area contributed by atoms with E-state index in [-0.39, 0.29) is 18.9 Å². The lowest BCUT2D eigenvalue weighted by Gasteiger charge is -2.25. The SMILES string of the molecule is CN(CC(=O)N1N=C(c2ccc(F)cc2)C[C@H]1c1ccc2c(c1)OCO2)C(=O)c1ccc(C(F)(F)F)cc1. The number of amides is 2. The first-order valence-electron chi connectivity index (χ1n) is 11.6. The van der Waals surface area contributed by atoms with Crippen LogP contribution >= 0.6 is 0 Å². The van der Waals surface area contributed by atoms with E-state index in [0.29, 0.717) is 29.2 Å². The summed E-state index contributed by atoms with van der Waals surface area (Å²) in [6, 6.07) is 14.3. The summed E-state index contributed by atoms with van der Waals surface area (Å²) in [5, 5.41) is 5.78. The van der Waals surface area contributed by atoms with Crippen LogP contribution in [0.2, 0.25) is 0 Å². The number of ether oxygens (including phenoxy) is 2. The lowest BCUT2D eigenvalue weighted by Crippen LogP contribution is -2.39. The van der Waals surface area contributed by atoms with Gasteiger partial charge in [-0.2, -0.15) is 18.3 Å². The number of hydrazone groups is 1. The molecule has 3 aromatic carbocycles. The molecule has 0 fully saturated rings. The predicted octanol–water partition coefficient (Wildman–Crippen LogP) is 5.02. The zero-order chi connectivity index (χ0) is 27.0. The number of hydrogen-bond acceptors (Lipinski definition) is 5. The molecule has 0 bridgehead atoms. The number of rotatable bonds is 5. The molecule has 0 spiro atoms. The van der Waals surface area contributed by atoms with Gasteiger partial charge in [0.2, 0.25) is 6.79 Å². The second-order valence-corrected chi connectivity index (χ2v) is 8.86. The maximum Gasteiger partial charge on any atom is 0.416 e. The van der Waals surface area contributed by atoms with E-state index in [9.17, 15) is 27.2 Å². The Labute approximate surface area is 214 Å². The minimum atomic E-state index is -4.52. The average molecular weight is 527 g/mol. The van der Waals surface area contributed by atoms with Gasteiger partial charge in [0.25, 0.3) is 11.8 Å². The van der Waals surface area contributed by atoms with E-state index in [1.165, 1.54) is 24.2 Å². The Bertz CT molecular complexity index is 1410. The molecule has 0 radical (unpaired) electrons. The topological polar surface area (TPSA) is 71.4 Å². The number of alkyl halides is 3. The number of nitrogens with zero attached hydrogens (tertiary/aromatic N) is 3. The number of halogens is 4. The van der Waals surface area contributed by atoms with E-state index >= 15 is 0 Å². The second kappa shape index (κ2) is 9.81. The van der Waals surface area contributed by atoms with Crippen LogP contribution in [0.25, 0.3) is 0 Å². The molecule has 38 heavy (non-hydrogen) atoms. The Hall–Kier alpha value is -4.41. The van der Waals surface area contributed by atoms with Crippen molar-refractivity contribution in [1.82, 2.24) is 9.91 Å². The molecule has 3 aromatic rings. The Morgan fingerprint density at radius 1 is 1.00 bits per heavy atom. The van der Waals surface area contributed by atoms with E-state index in [1.807, 2.05) is 0 Å². The van der Waals surface area contributed by atoms with Crippen LogP contribution in [0.5, 0.6) is 11.5 Å². The third kappa shape index (κ3) is 5.04. The van der Waals surface area contributed by atoms with Crippen LogP contribution in [-0.4, -0.2) is 47.8 Å². The third-order valence-electron chi connectivity index (χ3n) is 6.30. The van der Waals surface area contributed by atoms with E-state index in [4.69, 9.17) is 9.47 Å². The fourth-order valence-corrected chi connectivity index (χ4v) is 4.31. The second-order valence-electron chi connectivity index (χ2n) is 8.86. The van der Waals surface area contributed by atoms with Crippen molar-refractivity contribution < 1.29 is 36.6 Å². The first kappa shape index (κ1) is 25.2. The van der Waals surface area contributed by atoms with Gasteiger partial charge in [0.05, 0.1) is 17.3 Å². The number of carbonyl (C=O) groups excluding carboxylic acids is 2. The third-order valence-corrected chi connectivity index (χ3v) is 6.30. The zero-order valence-electron chi connectivity index (χ0n) is 20.0. The van der Waals surface area contributed by atoms with Gasteiger partial charge in [-0.3, -0.25) is 9.59 Å². The summed E-state index contributed by atoms with van der Waals surface area (Å²) >= 11 is 0. The standard InChI is InChI=1S/C27H21F4N3O4/c1-33(26(36)17-2-7-19(8-3-17)27(29,30)31)14-25(35)34-22(18-6-11-23-24(12-18)38-15-37-23)13-21(32-34)16-4-9-20(28)10-5-16/h2-12,22H,13-15H2,1H3/t22-/m0/s1. The first-order chi connectivity index (χ1) is 18.1. The molecule has 0 saturated carbocycles. The van der Waals surface area contributed by atoms with Crippen LogP contribution in [0, 0.1) is 5.82 Å². The molecule has 196 valence electrons. The molecule has 7 nitrogen and oxygen atoms in total. The average Bonchev–Trinajstić information content (AvgIpc) is 3.55. The van der Waals surface area contributed by atoms with E-state index < -0.39 is 35.4 Å². The maximum absolute atomic E-state index is 13.5. The van der Waals surface area contributed by atoms with Crippen LogP contribution < -0.4 is 9.47 Å². The normalized spacial score (nSPS) is 16.4. The molecule has 0 aromatic heterocycles. The van der Waals surface area contributed by atoms with Crippen molar-refractivity contribution in [3.05, 3.63) is 94.8 Å². The zero-order valence-corrected chi connectivity index (χ0v) is 20.0. The van der Waals surface area contributed by atoms with Crippen molar-refractivity contribution >= 4 is 17.5 Å². The van der Waals surface area contributed by atoms with Crippen LogP contribution in [0.3, 0.4) is 0 Å². The molecule has 11 heteroatoms. The van der Waals surface area contributed by atoms with E-state index in [0.717, 1.165) is 34.7 Å². The maximum atomic E-state index is 13.5. The molecular weight excluding hydrogens is 506 g/mol. The first-order valence-corrected chi connectivity index (χ1v) is 11.6. The Kier molecular flexibility index (Phi) is 6.52. The summed E-state index contributed by atoms with van der Waals surface area (Å²) < 4.78 is 62.9. The molecule has 2 aliphatic rings. The highest BCUT2D eigenvalue weighted by atomic mass is 19.4. The van der Waals surface area contributed by atoms with Crippen molar-refractivity contribution in [2.75, 3.05) is 20.4 Å². The molecule has 1 atom stereocenters. The quantitative estimate of drug-likeness (QED) is 0.437. The summed E-state index contributed by atoms with van der Waals surface area (Å²) in [6.07, 6.45) is -4.20. The summed E-state index contributed by atoms with van der Waals surface area (Å²) in [4.78, 5) is 27.3. The van der Waals surface area contributed by atoms with E-state index in [2.05, 4.69) is 5.10 Å². The molecule has 2 heterocycles.